The summed E-state index contributed by atoms with van der Waals surface area (Å²) in [6.45, 7) is 7.59. The third kappa shape index (κ3) is 5.06. The van der Waals surface area contributed by atoms with Crippen LogP contribution in [0.5, 0.6) is 0 Å². The number of benzene rings is 3. The summed E-state index contributed by atoms with van der Waals surface area (Å²) in [5.74, 6) is -0.942. The lowest BCUT2D eigenvalue weighted by molar-refractivity contribution is -0.123. The fourth-order valence-electron chi connectivity index (χ4n) is 2.96. The number of carbonyl (C=O) groups is 2. The molecule has 0 saturated carbocycles. The van der Waals surface area contributed by atoms with Crippen LogP contribution in [0.2, 0.25) is 0 Å². The molecule has 5 nitrogen and oxygen atoms in total. The predicted molar refractivity (Wildman–Crippen MR) is 120 cm³/mol. The number of hydrogen-bond donors (Lipinski definition) is 2. The van der Waals surface area contributed by atoms with E-state index in [1.165, 1.54) is 0 Å². The first-order valence-electron chi connectivity index (χ1n) is 9.86. The zero-order valence-electron chi connectivity index (χ0n) is 17.7. The topological polar surface area (TPSA) is 67.4 Å². The van der Waals surface area contributed by atoms with Gasteiger partial charge in [-0.25, -0.2) is 4.79 Å². The predicted octanol–water partition coefficient (Wildman–Crippen LogP) is 5.54. The lowest BCUT2D eigenvalue weighted by atomic mass is 10.1. The average molecular weight is 402 g/mol. The molecule has 0 spiro atoms. The number of rotatable bonds is 6. The van der Waals surface area contributed by atoms with Crippen LogP contribution in [0.15, 0.2) is 66.7 Å². The minimum absolute atomic E-state index is 0.369. The van der Waals surface area contributed by atoms with Crippen LogP contribution in [0.1, 0.15) is 34.0 Å². The highest BCUT2D eigenvalue weighted by Crippen LogP contribution is 2.26. The summed E-state index contributed by atoms with van der Waals surface area (Å²) in [5.41, 5.74) is 5.93. The Morgan fingerprint density at radius 3 is 2.23 bits per heavy atom. The number of esters is 1. The first-order valence-corrected chi connectivity index (χ1v) is 9.86. The van der Waals surface area contributed by atoms with Gasteiger partial charge in [0, 0.05) is 11.4 Å². The van der Waals surface area contributed by atoms with Crippen molar-refractivity contribution in [3.63, 3.8) is 0 Å². The van der Waals surface area contributed by atoms with Gasteiger partial charge < -0.3 is 15.4 Å². The second kappa shape index (κ2) is 9.27. The lowest BCUT2D eigenvalue weighted by Crippen LogP contribution is -2.30. The highest BCUT2D eigenvalue weighted by atomic mass is 16.5. The SMILES string of the molecule is Cc1ccc(NC(=O)[C@H](C)OC(=O)c2ccccc2Nc2cccc(C)c2C)cc1. The van der Waals surface area contributed by atoms with Crippen molar-refractivity contribution in [2.75, 3.05) is 10.6 Å². The van der Waals surface area contributed by atoms with Crippen molar-refractivity contribution in [2.45, 2.75) is 33.8 Å². The summed E-state index contributed by atoms with van der Waals surface area (Å²) in [4.78, 5) is 25.2. The van der Waals surface area contributed by atoms with Crippen molar-refractivity contribution < 1.29 is 14.3 Å². The van der Waals surface area contributed by atoms with E-state index in [4.69, 9.17) is 4.74 Å². The molecule has 3 rings (SSSR count). The third-order valence-corrected chi connectivity index (χ3v) is 4.99. The molecule has 0 aliphatic heterocycles. The summed E-state index contributed by atoms with van der Waals surface area (Å²) in [6.07, 6.45) is -0.937. The van der Waals surface area contributed by atoms with Gasteiger partial charge >= 0.3 is 5.97 Å². The fourth-order valence-corrected chi connectivity index (χ4v) is 2.96. The third-order valence-electron chi connectivity index (χ3n) is 4.99. The molecule has 0 unspecified atom stereocenters. The van der Waals surface area contributed by atoms with Gasteiger partial charge in [0.25, 0.3) is 5.91 Å². The highest BCUT2D eigenvalue weighted by Gasteiger charge is 2.21. The minimum atomic E-state index is -0.937. The van der Waals surface area contributed by atoms with Gasteiger partial charge in [-0.05, 0) is 69.2 Å². The Morgan fingerprint density at radius 2 is 1.50 bits per heavy atom. The Labute approximate surface area is 177 Å². The zero-order valence-corrected chi connectivity index (χ0v) is 17.7. The summed E-state index contributed by atoms with van der Waals surface area (Å²) in [7, 11) is 0. The van der Waals surface area contributed by atoms with E-state index in [0.717, 1.165) is 22.4 Å². The number of aryl methyl sites for hydroxylation is 2. The van der Waals surface area contributed by atoms with Gasteiger partial charge in [0.2, 0.25) is 0 Å². The summed E-state index contributed by atoms with van der Waals surface area (Å²) >= 11 is 0. The van der Waals surface area contributed by atoms with Crippen LogP contribution < -0.4 is 10.6 Å². The maximum atomic E-state index is 12.8. The van der Waals surface area contributed by atoms with E-state index < -0.39 is 12.1 Å². The molecule has 1 amide bonds. The van der Waals surface area contributed by atoms with E-state index in [1.807, 2.05) is 75.4 Å². The number of ether oxygens (including phenoxy) is 1. The largest absolute Gasteiger partial charge is 0.449 e. The monoisotopic (exact) mass is 402 g/mol. The van der Waals surface area contributed by atoms with Gasteiger partial charge in [0.05, 0.1) is 11.3 Å². The van der Waals surface area contributed by atoms with E-state index >= 15 is 0 Å². The normalized spacial score (nSPS) is 11.5. The molecule has 0 fully saturated rings. The number of para-hydroxylation sites is 1. The summed E-state index contributed by atoms with van der Waals surface area (Å²) < 4.78 is 5.44. The van der Waals surface area contributed by atoms with Crippen LogP contribution in [0, 0.1) is 20.8 Å². The molecule has 3 aromatic carbocycles. The molecule has 3 aromatic rings. The van der Waals surface area contributed by atoms with Crippen LogP contribution in [-0.4, -0.2) is 18.0 Å². The average Bonchev–Trinajstić information content (AvgIpc) is 2.73. The quantitative estimate of drug-likeness (QED) is 0.531. The van der Waals surface area contributed by atoms with E-state index in [1.54, 1.807) is 19.1 Å². The Balaban J connectivity index is 1.71. The van der Waals surface area contributed by atoms with Gasteiger partial charge in [0.1, 0.15) is 0 Å². The van der Waals surface area contributed by atoms with Crippen molar-refractivity contribution in [3.05, 3.63) is 89.0 Å². The fraction of sp³-hybridized carbons (Fsp3) is 0.200. The van der Waals surface area contributed by atoms with Gasteiger partial charge in [-0.2, -0.15) is 0 Å². The molecule has 0 saturated heterocycles. The molecule has 30 heavy (non-hydrogen) atoms. The van der Waals surface area contributed by atoms with Crippen molar-refractivity contribution in [1.29, 1.82) is 0 Å². The number of anilines is 3. The number of carbonyl (C=O) groups excluding carboxylic acids is 2. The maximum absolute atomic E-state index is 12.8. The van der Waals surface area contributed by atoms with Crippen LogP contribution >= 0.6 is 0 Å². The molecule has 154 valence electrons. The first-order chi connectivity index (χ1) is 14.3. The van der Waals surface area contributed by atoms with Gasteiger partial charge in [-0.15, -0.1) is 0 Å². The molecule has 0 radical (unpaired) electrons. The van der Waals surface area contributed by atoms with E-state index in [0.29, 0.717) is 16.9 Å². The number of amides is 1. The molecule has 1 atom stereocenters. The smallest absolute Gasteiger partial charge is 0.341 e. The van der Waals surface area contributed by atoms with Crippen molar-refractivity contribution in [2.24, 2.45) is 0 Å². The number of hydrogen-bond acceptors (Lipinski definition) is 4. The molecule has 2 N–H and O–H groups in total. The second-order valence-corrected chi connectivity index (χ2v) is 7.32. The molecule has 0 heterocycles. The zero-order chi connectivity index (χ0) is 21.7. The molecular formula is C25H26N2O3. The molecule has 5 heteroatoms. The van der Waals surface area contributed by atoms with Gasteiger partial charge in [-0.3, -0.25) is 4.79 Å². The standard InChI is InChI=1S/C25H26N2O3/c1-16-12-14-20(15-13-16)26-24(28)19(4)30-25(29)21-9-5-6-10-23(21)27-22-11-7-8-17(2)18(22)3/h5-15,19,27H,1-4H3,(H,26,28)/t19-/m0/s1. The maximum Gasteiger partial charge on any atom is 0.341 e. The van der Waals surface area contributed by atoms with Crippen LogP contribution in [0.25, 0.3) is 0 Å². The second-order valence-electron chi connectivity index (χ2n) is 7.32. The van der Waals surface area contributed by atoms with Crippen molar-refractivity contribution in [3.8, 4) is 0 Å². The molecule has 0 bridgehead atoms. The molecule has 0 aliphatic carbocycles. The Bertz CT molecular complexity index is 1060. The van der Waals surface area contributed by atoms with Gasteiger partial charge in [-0.1, -0.05) is 42.0 Å². The molecule has 0 aromatic heterocycles. The first kappa shape index (κ1) is 21.1. The van der Waals surface area contributed by atoms with E-state index in [-0.39, 0.29) is 5.91 Å². The van der Waals surface area contributed by atoms with Crippen LogP contribution in [0.4, 0.5) is 17.1 Å². The van der Waals surface area contributed by atoms with E-state index in [9.17, 15) is 9.59 Å². The van der Waals surface area contributed by atoms with Crippen molar-refractivity contribution in [1.82, 2.24) is 0 Å². The van der Waals surface area contributed by atoms with Crippen molar-refractivity contribution >= 4 is 28.9 Å². The highest BCUT2D eigenvalue weighted by molar-refractivity contribution is 6.00. The van der Waals surface area contributed by atoms with E-state index in [2.05, 4.69) is 10.6 Å². The molecular weight excluding hydrogens is 376 g/mol. The minimum Gasteiger partial charge on any atom is -0.449 e. The Hall–Kier alpha value is -3.60. The lowest BCUT2D eigenvalue weighted by Gasteiger charge is -2.17. The Kier molecular flexibility index (Phi) is 6.52. The summed E-state index contributed by atoms with van der Waals surface area (Å²) in [6, 6.07) is 20.5. The molecule has 0 aliphatic rings. The van der Waals surface area contributed by atoms with Crippen LogP contribution in [0.3, 0.4) is 0 Å². The summed E-state index contributed by atoms with van der Waals surface area (Å²) in [5, 5.41) is 6.07. The van der Waals surface area contributed by atoms with Crippen LogP contribution in [-0.2, 0) is 9.53 Å². The van der Waals surface area contributed by atoms with Gasteiger partial charge in [0.15, 0.2) is 6.10 Å². The number of nitrogens with one attached hydrogen (secondary N) is 2. The Morgan fingerprint density at radius 1 is 0.833 bits per heavy atom.